The van der Waals surface area contributed by atoms with Gasteiger partial charge in [-0.25, -0.2) is 18.4 Å². The molecule has 0 radical (unpaired) electrons. The Balaban J connectivity index is 1.69. The van der Waals surface area contributed by atoms with Crippen LogP contribution >= 0.6 is 0 Å². The van der Waals surface area contributed by atoms with Gasteiger partial charge in [-0.2, -0.15) is 0 Å². The van der Waals surface area contributed by atoms with E-state index in [-0.39, 0.29) is 5.75 Å². The van der Waals surface area contributed by atoms with Crippen molar-refractivity contribution in [1.82, 2.24) is 9.97 Å². The van der Waals surface area contributed by atoms with Crippen LogP contribution in [0.25, 0.3) is 0 Å². The van der Waals surface area contributed by atoms with Gasteiger partial charge in [0, 0.05) is 30.5 Å². The minimum atomic E-state index is -3.48. The number of aryl methyl sites for hydroxylation is 1. The summed E-state index contributed by atoms with van der Waals surface area (Å²) in [6.45, 7) is 7.77. The van der Waals surface area contributed by atoms with Crippen molar-refractivity contribution in [2.45, 2.75) is 26.5 Å². The van der Waals surface area contributed by atoms with Crippen LogP contribution in [0.5, 0.6) is 0 Å². The molecule has 0 amide bonds. The summed E-state index contributed by atoms with van der Waals surface area (Å²) in [7, 11) is -3.48. The standard InChI is InChI=1S/C22H27N5O2S/c1-4-27(5-2)22-15-21(23-17(3)24-22)25-19-11-13-20(14-12-19)26-30(28,29)16-18-9-7-6-8-10-18/h6-15,26H,4-5,16H2,1-3H3,(H,23,24,25). The number of anilines is 4. The van der Waals surface area contributed by atoms with Crippen molar-refractivity contribution in [1.29, 1.82) is 0 Å². The zero-order valence-electron chi connectivity index (χ0n) is 17.5. The normalized spacial score (nSPS) is 11.2. The Morgan fingerprint density at radius 2 is 1.53 bits per heavy atom. The molecule has 0 spiro atoms. The Labute approximate surface area is 178 Å². The molecule has 158 valence electrons. The molecule has 7 nitrogen and oxygen atoms in total. The van der Waals surface area contributed by atoms with Crippen LogP contribution in [-0.2, 0) is 15.8 Å². The molecule has 0 unspecified atom stereocenters. The van der Waals surface area contributed by atoms with Crippen LogP contribution in [0.1, 0.15) is 25.2 Å². The highest BCUT2D eigenvalue weighted by molar-refractivity contribution is 7.91. The fraction of sp³-hybridized carbons (Fsp3) is 0.273. The van der Waals surface area contributed by atoms with E-state index >= 15 is 0 Å². The van der Waals surface area contributed by atoms with Crippen LogP contribution < -0.4 is 14.9 Å². The summed E-state index contributed by atoms with van der Waals surface area (Å²) in [5.74, 6) is 2.19. The van der Waals surface area contributed by atoms with Crippen molar-refractivity contribution < 1.29 is 8.42 Å². The Bertz CT molecular complexity index is 1070. The number of nitrogens with one attached hydrogen (secondary N) is 2. The van der Waals surface area contributed by atoms with E-state index in [2.05, 4.69) is 38.8 Å². The van der Waals surface area contributed by atoms with Gasteiger partial charge in [-0.15, -0.1) is 0 Å². The Hall–Kier alpha value is -3.13. The van der Waals surface area contributed by atoms with Gasteiger partial charge in [0.1, 0.15) is 17.5 Å². The highest BCUT2D eigenvalue weighted by atomic mass is 32.2. The summed E-state index contributed by atoms with van der Waals surface area (Å²) in [4.78, 5) is 11.1. The van der Waals surface area contributed by atoms with Gasteiger partial charge in [-0.3, -0.25) is 4.72 Å². The Morgan fingerprint density at radius 1 is 0.900 bits per heavy atom. The third-order valence-corrected chi connectivity index (χ3v) is 5.80. The molecule has 0 atom stereocenters. The molecule has 0 fully saturated rings. The van der Waals surface area contributed by atoms with E-state index < -0.39 is 10.0 Å². The topological polar surface area (TPSA) is 87.2 Å². The number of aromatic nitrogens is 2. The van der Waals surface area contributed by atoms with E-state index in [1.165, 1.54) is 0 Å². The third-order valence-electron chi connectivity index (χ3n) is 4.54. The summed E-state index contributed by atoms with van der Waals surface area (Å²) in [6.07, 6.45) is 0. The summed E-state index contributed by atoms with van der Waals surface area (Å²) >= 11 is 0. The van der Waals surface area contributed by atoms with Gasteiger partial charge >= 0.3 is 0 Å². The second kappa shape index (κ2) is 9.58. The SMILES string of the molecule is CCN(CC)c1cc(Nc2ccc(NS(=O)(=O)Cc3ccccc3)cc2)nc(C)n1. The highest BCUT2D eigenvalue weighted by Crippen LogP contribution is 2.22. The number of hydrogen-bond donors (Lipinski definition) is 2. The summed E-state index contributed by atoms with van der Waals surface area (Å²) in [5.41, 5.74) is 2.07. The minimum absolute atomic E-state index is 0.0673. The first kappa shape index (κ1) is 21.6. The van der Waals surface area contributed by atoms with Crippen molar-refractivity contribution in [3.8, 4) is 0 Å². The summed E-state index contributed by atoms with van der Waals surface area (Å²) in [6, 6.07) is 18.1. The Kier molecular flexibility index (Phi) is 6.89. The smallest absolute Gasteiger partial charge is 0.236 e. The quantitative estimate of drug-likeness (QED) is 0.531. The van der Waals surface area contributed by atoms with E-state index in [4.69, 9.17) is 0 Å². The maximum atomic E-state index is 12.4. The number of hydrogen-bond acceptors (Lipinski definition) is 6. The molecular weight excluding hydrogens is 398 g/mol. The average molecular weight is 426 g/mol. The fourth-order valence-corrected chi connectivity index (χ4v) is 4.30. The van der Waals surface area contributed by atoms with Crippen LogP contribution in [0.4, 0.5) is 23.0 Å². The number of nitrogens with zero attached hydrogens (tertiary/aromatic N) is 3. The molecule has 0 aliphatic carbocycles. The molecule has 0 bridgehead atoms. The van der Waals surface area contributed by atoms with Crippen LogP contribution in [0, 0.1) is 6.92 Å². The molecule has 3 aromatic rings. The molecule has 30 heavy (non-hydrogen) atoms. The monoisotopic (exact) mass is 425 g/mol. The predicted octanol–water partition coefficient (Wildman–Crippen LogP) is 4.32. The molecule has 2 aromatic carbocycles. The first-order valence-corrected chi connectivity index (χ1v) is 11.6. The molecule has 3 rings (SSSR count). The van der Waals surface area contributed by atoms with E-state index in [9.17, 15) is 8.42 Å². The van der Waals surface area contributed by atoms with Gasteiger partial charge in [-0.1, -0.05) is 30.3 Å². The lowest BCUT2D eigenvalue weighted by Gasteiger charge is -2.20. The molecule has 1 heterocycles. The average Bonchev–Trinajstić information content (AvgIpc) is 2.70. The maximum absolute atomic E-state index is 12.4. The van der Waals surface area contributed by atoms with Gasteiger partial charge in [-0.05, 0) is 50.6 Å². The second-order valence-corrected chi connectivity index (χ2v) is 8.60. The number of sulfonamides is 1. The van der Waals surface area contributed by atoms with Crippen molar-refractivity contribution >= 4 is 33.0 Å². The van der Waals surface area contributed by atoms with E-state index in [0.717, 1.165) is 30.2 Å². The van der Waals surface area contributed by atoms with Gasteiger partial charge in [0.15, 0.2) is 0 Å². The Morgan fingerprint density at radius 3 is 2.17 bits per heavy atom. The molecular formula is C22H27N5O2S. The highest BCUT2D eigenvalue weighted by Gasteiger charge is 2.12. The first-order chi connectivity index (χ1) is 14.4. The van der Waals surface area contributed by atoms with E-state index in [1.807, 2.05) is 43.3 Å². The van der Waals surface area contributed by atoms with Crippen molar-refractivity contribution in [3.05, 3.63) is 72.1 Å². The molecule has 0 aliphatic rings. The molecule has 0 saturated carbocycles. The van der Waals surface area contributed by atoms with Crippen molar-refractivity contribution in [3.63, 3.8) is 0 Å². The zero-order valence-corrected chi connectivity index (χ0v) is 18.3. The molecule has 2 N–H and O–H groups in total. The maximum Gasteiger partial charge on any atom is 0.236 e. The third kappa shape index (κ3) is 5.93. The largest absolute Gasteiger partial charge is 0.357 e. The van der Waals surface area contributed by atoms with Gasteiger partial charge in [0.2, 0.25) is 10.0 Å². The summed E-state index contributed by atoms with van der Waals surface area (Å²) in [5, 5.41) is 3.26. The van der Waals surface area contributed by atoms with Crippen molar-refractivity contribution in [2.75, 3.05) is 28.0 Å². The molecule has 0 aliphatic heterocycles. The lowest BCUT2D eigenvalue weighted by atomic mass is 10.2. The summed E-state index contributed by atoms with van der Waals surface area (Å²) < 4.78 is 27.4. The van der Waals surface area contributed by atoms with Crippen LogP contribution in [0.3, 0.4) is 0 Å². The van der Waals surface area contributed by atoms with Crippen LogP contribution in [0.15, 0.2) is 60.7 Å². The van der Waals surface area contributed by atoms with Crippen molar-refractivity contribution in [2.24, 2.45) is 0 Å². The van der Waals surface area contributed by atoms with Gasteiger partial charge in [0.25, 0.3) is 0 Å². The fourth-order valence-electron chi connectivity index (χ4n) is 3.10. The molecule has 0 saturated heterocycles. The van der Waals surface area contributed by atoms with Crippen LogP contribution in [-0.4, -0.2) is 31.5 Å². The first-order valence-electron chi connectivity index (χ1n) is 9.90. The van der Waals surface area contributed by atoms with Gasteiger partial charge < -0.3 is 10.2 Å². The lowest BCUT2D eigenvalue weighted by Crippen LogP contribution is -2.23. The zero-order chi connectivity index (χ0) is 21.6. The minimum Gasteiger partial charge on any atom is -0.357 e. The molecule has 1 aromatic heterocycles. The van der Waals surface area contributed by atoms with E-state index in [1.54, 1.807) is 24.3 Å². The van der Waals surface area contributed by atoms with Gasteiger partial charge in [0.05, 0.1) is 5.75 Å². The second-order valence-electron chi connectivity index (χ2n) is 6.88. The van der Waals surface area contributed by atoms with Crippen LogP contribution in [0.2, 0.25) is 0 Å². The predicted molar refractivity (Wildman–Crippen MR) is 123 cm³/mol. The number of benzene rings is 2. The lowest BCUT2D eigenvalue weighted by molar-refractivity contribution is 0.600. The molecule has 8 heteroatoms. The number of rotatable bonds is 9. The van der Waals surface area contributed by atoms with E-state index in [0.29, 0.717) is 17.3 Å².